The first-order valence-corrected chi connectivity index (χ1v) is 7.51. The Hall–Kier alpha value is -0.340. The van der Waals surface area contributed by atoms with E-state index in [9.17, 15) is 5.11 Å². The van der Waals surface area contributed by atoms with Gasteiger partial charge in [-0.2, -0.15) is 0 Å². The van der Waals surface area contributed by atoms with Gasteiger partial charge in [0.1, 0.15) is 0 Å². The smallest absolute Gasteiger partial charge is 0.0814 e. The molecule has 0 aromatic rings. The highest BCUT2D eigenvalue weighted by Gasteiger charge is 2.34. The van der Waals surface area contributed by atoms with Crippen LogP contribution < -0.4 is 0 Å². The predicted molar refractivity (Wildman–Crippen MR) is 76.5 cm³/mol. The predicted octanol–water partition coefficient (Wildman–Crippen LogP) is 3.79. The number of aliphatic hydroxyl groups excluding tert-OH is 1. The third kappa shape index (κ3) is 3.83. The molecule has 18 heavy (non-hydrogen) atoms. The van der Waals surface area contributed by atoms with Gasteiger partial charge in [-0.15, -0.1) is 0 Å². The average molecular weight is 254 g/mol. The zero-order valence-electron chi connectivity index (χ0n) is 12.6. The van der Waals surface area contributed by atoms with E-state index in [0.29, 0.717) is 5.92 Å². The molecule has 2 heteroatoms. The molecule has 0 bridgehead atoms. The van der Waals surface area contributed by atoms with Gasteiger partial charge in [-0.05, 0) is 43.1 Å². The quantitative estimate of drug-likeness (QED) is 0.731. The molecule has 0 aromatic carbocycles. The van der Waals surface area contributed by atoms with E-state index in [2.05, 4.69) is 34.6 Å². The molecule has 1 rings (SSSR count). The summed E-state index contributed by atoms with van der Waals surface area (Å²) >= 11 is 0. The van der Waals surface area contributed by atoms with Gasteiger partial charge < -0.3 is 9.84 Å². The van der Waals surface area contributed by atoms with Crippen LogP contribution in [0.3, 0.4) is 0 Å². The van der Waals surface area contributed by atoms with Crippen LogP contribution in [-0.2, 0) is 4.74 Å². The Morgan fingerprint density at radius 1 is 1.28 bits per heavy atom. The van der Waals surface area contributed by atoms with Crippen LogP contribution in [0.5, 0.6) is 0 Å². The second kappa shape index (κ2) is 7.30. The van der Waals surface area contributed by atoms with Crippen molar-refractivity contribution in [2.75, 3.05) is 6.61 Å². The lowest BCUT2D eigenvalue weighted by Crippen LogP contribution is -2.39. The van der Waals surface area contributed by atoms with E-state index >= 15 is 0 Å². The largest absolute Gasteiger partial charge is 0.389 e. The van der Waals surface area contributed by atoms with Crippen LogP contribution in [0.4, 0.5) is 0 Å². The Morgan fingerprint density at radius 2 is 1.94 bits per heavy atom. The molecule has 0 amide bonds. The Morgan fingerprint density at radius 3 is 2.50 bits per heavy atom. The number of aliphatic hydroxyl groups is 1. The minimum Gasteiger partial charge on any atom is -0.389 e. The normalized spacial score (nSPS) is 34.2. The van der Waals surface area contributed by atoms with E-state index in [0.717, 1.165) is 18.9 Å². The van der Waals surface area contributed by atoms with Crippen LogP contribution in [0.2, 0.25) is 0 Å². The van der Waals surface area contributed by atoms with Gasteiger partial charge in [0.05, 0.1) is 12.2 Å². The molecule has 5 unspecified atom stereocenters. The molecule has 0 aromatic heterocycles. The average Bonchev–Trinajstić information content (AvgIpc) is 2.37. The molecule has 0 saturated carbocycles. The maximum absolute atomic E-state index is 10.1. The summed E-state index contributed by atoms with van der Waals surface area (Å²) in [6.45, 7) is 11.6. The number of ether oxygens (including phenoxy) is 1. The Kier molecular flexibility index (Phi) is 6.37. The molecule has 0 fully saturated rings. The SMILES string of the molecule is CCOC1C(CCC(C)CC)=CC(O)C(C)C1C. The molecule has 0 aliphatic heterocycles. The van der Waals surface area contributed by atoms with Gasteiger partial charge in [0.2, 0.25) is 0 Å². The van der Waals surface area contributed by atoms with Crippen molar-refractivity contribution in [2.45, 2.75) is 66.1 Å². The Bertz CT molecular complexity index is 272. The van der Waals surface area contributed by atoms with Gasteiger partial charge in [-0.3, -0.25) is 0 Å². The summed E-state index contributed by atoms with van der Waals surface area (Å²) in [4.78, 5) is 0. The van der Waals surface area contributed by atoms with Crippen LogP contribution in [0.25, 0.3) is 0 Å². The fourth-order valence-electron chi connectivity index (χ4n) is 2.67. The number of rotatable bonds is 6. The highest BCUT2D eigenvalue weighted by Crippen LogP contribution is 2.34. The van der Waals surface area contributed by atoms with Crippen molar-refractivity contribution in [3.63, 3.8) is 0 Å². The summed E-state index contributed by atoms with van der Waals surface area (Å²) in [6.07, 6.45) is 5.43. The Labute approximate surface area is 112 Å². The monoisotopic (exact) mass is 254 g/mol. The maximum Gasteiger partial charge on any atom is 0.0814 e. The van der Waals surface area contributed by atoms with Gasteiger partial charge >= 0.3 is 0 Å². The zero-order valence-corrected chi connectivity index (χ0v) is 12.6. The van der Waals surface area contributed by atoms with Crippen LogP contribution in [0, 0.1) is 17.8 Å². The topological polar surface area (TPSA) is 29.5 Å². The molecule has 1 aliphatic rings. The second-order valence-electron chi connectivity index (χ2n) is 5.88. The summed E-state index contributed by atoms with van der Waals surface area (Å²) in [5, 5.41) is 10.1. The lowest BCUT2D eigenvalue weighted by molar-refractivity contribution is -0.00629. The third-order valence-corrected chi connectivity index (χ3v) is 4.56. The molecule has 5 atom stereocenters. The molecule has 1 aliphatic carbocycles. The van der Waals surface area contributed by atoms with Crippen molar-refractivity contribution < 1.29 is 9.84 Å². The first kappa shape index (κ1) is 15.7. The standard InChI is InChI=1S/C16H30O2/c1-6-11(3)8-9-14-10-15(17)12(4)13(5)16(14)18-7-2/h10-13,15-17H,6-9H2,1-5H3. The molecule has 2 nitrogen and oxygen atoms in total. The highest BCUT2D eigenvalue weighted by atomic mass is 16.5. The Balaban J connectivity index is 2.73. The molecular formula is C16H30O2. The fourth-order valence-corrected chi connectivity index (χ4v) is 2.67. The fraction of sp³-hybridized carbons (Fsp3) is 0.875. The van der Waals surface area contributed by atoms with Gasteiger partial charge in [0, 0.05) is 6.61 Å². The van der Waals surface area contributed by atoms with E-state index in [-0.39, 0.29) is 18.1 Å². The van der Waals surface area contributed by atoms with Gasteiger partial charge in [0.25, 0.3) is 0 Å². The third-order valence-electron chi connectivity index (χ3n) is 4.56. The van der Waals surface area contributed by atoms with Crippen molar-refractivity contribution in [2.24, 2.45) is 17.8 Å². The van der Waals surface area contributed by atoms with Crippen LogP contribution in [0.15, 0.2) is 11.6 Å². The van der Waals surface area contributed by atoms with Gasteiger partial charge in [-0.1, -0.05) is 40.2 Å². The molecule has 0 spiro atoms. The molecular weight excluding hydrogens is 224 g/mol. The lowest BCUT2D eigenvalue weighted by atomic mass is 9.76. The first-order valence-electron chi connectivity index (χ1n) is 7.51. The molecule has 0 heterocycles. The summed E-state index contributed by atoms with van der Waals surface area (Å²) < 4.78 is 5.91. The van der Waals surface area contributed by atoms with Crippen LogP contribution in [-0.4, -0.2) is 23.9 Å². The minimum absolute atomic E-state index is 0.206. The first-order chi connectivity index (χ1) is 8.51. The van der Waals surface area contributed by atoms with Crippen molar-refractivity contribution >= 4 is 0 Å². The van der Waals surface area contributed by atoms with E-state index in [1.165, 1.54) is 18.4 Å². The maximum atomic E-state index is 10.1. The van der Waals surface area contributed by atoms with Crippen molar-refractivity contribution in [3.05, 3.63) is 11.6 Å². The van der Waals surface area contributed by atoms with Crippen LogP contribution in [0.1, 0.15) is 53.9 Å². The van der Waals surface area contributed by atoms with Crippen molar-refractivity contribution in [3.8, 4) is 0 Å². The van der Waals surface area contributed by atoms with E-state index in [4.69, 9.17) is 4.74 Å². The minimum atomic E-state index is -0.302. The highest BCUT2D eigenvalue weighted by molar-refractivity contribution is 5.18. The van der Waals surface area contributed by atoms with E-state index < -0.39 is 0 Å². The van der Waals surface area contributed by atoms with E-state index in [1.54, 1.807) is 0 Å². The van der Waals surface area contributed by atoms with Crippen molar-refractivity contribution in [1.29, 1.82) is 0 Å². The molecule has 1 N–H and O–H groups in total. The number of hydrogen-bond donors (Lipinski definition) is 1. The lowest BCUT2D eigenvalue weighted by Gasteiger charge is -2.37. The number of hydrogen-bond acceptors (Lipinski definition) is 2. The van der Waals surface area contributed by atoms with Gasteiger partial charge in [-0.25, -0.2) is 0 Å². The summed E-state index contributed by atoms with van der Waals surface area (Å²) in [7, 11) is 0. The zero-order chi connectivity index (χ0) is 13.7. The molecule has 106 valence electrons. The van der Waals surface area contributed by atoms with Crippen LogP contribution >= 0.6 is 0 Å². The molecule has 0 saturated heterocycles. The summed E-state index contributed by atoms with van der Waals surface area (Å²) in [5.41, 5.74) is 1.32. The van der Waals surface area contributed by atoms with Gasteiger partial charge in [0.15, 0.2) is 0 Å². The van der Waals surface area contributed by atoms with E-state index in [1.807, 2.05) is 6.08 Å². The summed E-state index contributed by atoms with van der Waals surface area (Å²) in [6, 6.07) is 0. The summed E-state index contributed by atoms with van der Waals surface area (Å²) in [5.74, 6) is 1.44. The molecule has 0 radical (unpaired) electrons. The van der Waals surface area contributed by atoms with Crippen molar-refractivity contribution in [1.82, 2.24) is 0 Å². The second-order valence-corrected chi connectivity index (χ2v) is 5.88.